The fourth-order valence-electron chi connectivity index (χ4n) is 1.65. The van der Waals surface area contributed by atoms with Gasteiger partial charge in [-0.1, -0.05) is 50.6 Å². The third-order valence-electron chi connectivity index (χ3n) is 2.53. The predicted octanol–water partition coefficient (Wildman–Crippen LogP) is 2.48. The Hall–Kier alpha value is -1.15. The Morgan fingerprint density at radius 2 is 2.19 bits per heavy atom. The van der Waals surface area contributed by atoms with E-state index in [0.717, 1.165) is 11.1 Å². The topological polar surface area (TPSA) is 43.1 Å². The van der Waals surface area contributed by atoms with Crippen molar-refractivity contribution in [3.8, 4) is 0 Å². The quantitative estimate of drug-likeness (QED) is 0.850. The fraction of sp³-hybridized carbons (Fsp3) is 0.500. The SMILES string of the molecule is [2H]c1ccc(C)cc1C[C@H](N)C(=O)C(C)(C)C. The van der Waals surface area contributed by atoms with E-state index in [4.69, 9.17) is 7.10 Å². The summed E-state index contributed by atoms with van der Waals surface area (Å²) in [4.78, 5) is 12.0. The van der Waals surface area contributed by atoms with E-state index in [0.29, 0.717) is 12.5 Å². The number of hydrogen-bond acceptors (Lipinski definition) is 2. The van der Waals surface area contributed by atoms with Crippen molar-refractivity contribution in [2.75, 3.05) is 0 Å². The Labute approximate surface area is 99.3 Å². The number of aryl methyl sites for hydroxylation is 1. The Bertz CT molecular complexity index is 421. The molecule has 16 heavy (non-hydrogen) atoms. The number of Topliss-reactive ketones (excluding diaryl/α,β-unsaturated/α-hetero) is 1. The third-order valence-corrected chi connectivity index (χ3v) is 2.53. The molecule has 1 atom stereocenters. The largest absolute Gasteiger partial charge is 0.321 e. The highest BCUT2D eigenvalue weighted by Crippen LogP contribution is 2.18. The van der Waals surface area contributed by atoms with Crippen molar-refractivity contribution in [1.29, 1.82) is 0 Å². The van der Waals surface area contributed by atoms with E-state index in [1.807, 2.05) is 39.8 Å². The van der Waals surface area contributed by atoms with Crippen LogP contribution in [0, 0.1) is 12.3 Å². The molecule has 0 aromatic heterocycles. The van der Waals surface area contributed by atoms with E-state index in [-0.39, 0.29) is 5.78 Å². The lowest BCUT2D eigenvalue weighted by atomic mass is 9.84. The zero-order chi connectivity index (χ0) is 13.2. The highest BCUT2D eigenvalue weighted by Gasteiger charge is 2.26. The van der Waals surface area contributed by atoms with Crippen molar-refractivity contribution in [2.45, 2.75) is 40.2 Å². The van der Waals surface area contributed by atoms with Crippen LogP contribution in [-0.2, 0) is 11.2 Å². The summed E-state index contributed by atoms with van der Waals surface area (Å²) in [6, 6.07) is 5.49. The molecule has 0 heterocycles. The average molecular weight is 220 g/mol. The van der Waals surface area contributed by atoms with E-state index in [1.54, 1.807) is 6.07 Å². The lowest BCUT2D eigenvalue weighted by Crippen LogP contribution is -2.40. The van der Waals surface area contributed by atoms with Crippen LogP contribution in [0.25, 0.3) is 0 Å². The highest BCUT2D eigenvalue weighted by molar-refractivity contribution is 5.88. The van der Waals surface area contributed by atoms with Gasteiger partial charge in [-0.2, -0.15) is 0 Å². The zero-order valence-electron chi connectivity index (χ0n) is 11.5. The average Bonchev–Trinajstić information content (AvgIpc) is 2.21. The number of rotatable bonds is 3. The van der Waals surface area contributed by atoms with Crippen LogP contribution in [0.5, 0.6) is 0 Å². The molecule has 0 spiro atoms. The first-order valence-corrected chi connectivity index (χ1v) is 5.58. The molecule has 0 radical (unpaired) electrons. The van der Waals surface area contributed by atoms with Crippen LogP contribution in [0.4, 0.5) is 0 Å². The number of nitrogens with two attached hydrogens (primary N) is 1. The molecule has 0 fully saturated rings. The summed E-state index contributed by atoms with van der Waals surface area (Å²) in [5.74, 6) is 0.0402. The maximum atomic E-state index is 12.0. The van der Waals surface area contributed by atoms with Crippen molar-refractivity contribution in [3.05, 3.63) is 35.4 Å². The fourth-order valence-corrected chi connectivity index (χ4v) is 1.65. The molecule has 2 heteroatoms. The minimum absolute atomic E-state index is 0.0402. The Balaban J connectivity index is 2.85. The molecule has 0 aliphatic heterocycles. The lowest BCUT2D eigenvalue weighted by Gasteiger charge is -2.21. The summed E-state index contributed by atoms with van der Waals surface area (Å²) in [5.41, 5.74) is 7.43. The molecule has 1 aromatic rings. The summed E-state index contributed by atoms with van der Waals surface area (Å²) in [6.07, 6.45) is 0.441. The molecule has 0 bridgehead atoms. The Morgan fingerprint density at radius 1 is 1.56 bits per heavy atom. The van der Waals surface area contributed by atoms with Gasteiger partial charge in [0.15, 0.2) is 5.78 Å². The molecule has 0 aliphatic carbocycles. The highest BCUT2D eigenvalue weighted by atomic mass is 16.1. The van der Waals surface area contributed by atoms with Crippen molar-refractivity contribution in [2.24, 2.45) is 11.1 Å². The molecule has 1 rings (SSSR count). The van der Waals surface area contributed by atoms with E-state index in [1.165, 1.54) is 0 Å². The number of hydrogen-bond donors (Lipinski definition) is 1. The second-order valence-electron chi connectivity index (χ2n) is 5.32. The molecule has 0 amide bonds. The summed E-state index contributed by atoms with van der Waals surface area (Å²) < 4.78 is 7.79. The van der Waals surface area contributed by atoms with Gasteiger partial charge < -0.3 is 5.73 Å². The van der Waals surface area contributed by atoms with Gasteiger partial charge in [-0.3, -0.25) is 4.79 Å². The molecule has 2 N–H and O–H groups in total. The summed E-state index contributed by atoms with van der Waals surface area (Å²) in [6.45, 7) is 7.58. The van der Waals surface area contributed by atoms with Gasteiger partial charge in [-0.15, -0.1) is 0 Å². The van der Waals surface area contributed by atoms with Crippen LogP contribution in [-0.4, -0.2) is 11.8 Å². The van der Waals surface area contributed by atoms with Crippen LogP contribution in [0.2, 0.25) is 0 Å². The molecule has 88 valence electrons. The number of benzene rings is 1. The molecule has 1 aromatic carbocycles. The molecule has 0 saturated carbocycles. The number of carbonyl (C=O) groups is 1. The van der Waals surface area contributed by atoms with Crippen LogP contribution >= 0.6 is 0 Å². The minimum atomic E-state index is -0.527. The molecule has 0 unspecified atom stereocenters. The van der Waals surface area contributed by atoms with E-state index < -0.39 is 11.5 Å². The smallest absolute Gasteiger partial charge is 0.155 e. The van der Waals surface area contributed by atoms with Gasteiger partial charge in [0, 0.05) is 5.41 Å². The minimum Gasteiger partial charge on any atom is -0.321 e. The molecular formula is C14H21NO. The van der Waals surface area contributed by atoms with E-state index >= 15 is 0 Å². The lowest BCUT2D eigenvalue weighted by molar-refractivity contribution is -0.127. The molecule has 0 aliphatic rings. The standard InChI is InChI=1S/C14H21NO/c1-10-6-5-7-11(8-10)9-12(15)13(16)14(2,3)4/h5-8,12H,9,15H2,1-4H3/t12-/m0/s1/i7D. The van der Waals surface area contributed by atoms with Crippen molar-refractivity contribution < 1.29 is 6.17 Å². The maximum absolute atomic E-state index is 12.0. The second-order valence-corrected chi connectivity index (χ2v) is 5.32. The molecular weight excluding hydrogens is 198 g/mol. The van der Waals surface area contributed by atoms with E-state index in [9.17, 15) is 4.79 Å². The second kappa shape index (κ2) is 4.79. The van der Waals surface area contributed by atoms with Crippen molar-refractivity contribution in [1.82, 2.24) is 0 Å². The van der Waals surface area contributed by atoms with Gasteiger partial charge in [0.2, 0.25) is 0 Å². The van der Waals surface area contributed by atoms with Gasteiger partial charge in [0.05, 0.1) is 7.41 Å². The maximum Gasteiger partial charge on any atom is 0.155 e. The third kappa shape index (κ3) is 3.46. The van der Waals surface area contributed by atoms with Gasteiger partial charge >= 0.3 is 0 Å². The molecule has 0 saturated heterocycles. The number of carbonyl (C=O) groups excluding carboxylic acids is 1. The van der Waals surface area contributed by atoms with Crippen molar-refractivity contribution in [3.63, 3.8) is 0 Å². The predicted molar refractivity (Wildman–Crippen MR) is 67.3 cm³/mol. The first-order chi connectivity index (χ1) is 7.71. The first kappa shape index (κ1) is 11.3. The monoisotopic (exact) mass is 220 g/mol. The first-order valence-electron chi connectivity index (χ1n) is 6.08. The summed E-state index contributed by atoms with van der Waals surface area (Å²) in [5, 5.41) is 0. The number of ketones is 1. The summed E-state index contributed by atoms with van der Waals surface area (Å²) in [7, 11) is 0. The van der Waals surface area contributed by atoms with Gasteiger partial charge in [-0.05, 0) is 18.9 Å². The summed E-state index contributed by atoms with van der Waals surface area (Å²) >= 11 is 0. The van der Waals surface area contributed by atoms with E-state index in [2.05, 4.69) is 0 Å². The van der Waals surface area contributed by atoms with Crippen molar-refractivity contribution >= 4 is 5.78 Å². The zero-order valence-corrected chi connectivity index (χ0v) is 10.5. The van der Waals surface area contributed by atoms with Gasteiger partial charge in [0.1, 0.15) is 0 Å². The van der Waals surface area contributed by atoms with Crippen LogP contribution in [0.1, 0.15) is 33.3 Å². The van der Waals surface area contributed by atoms with Crippen LogP contribution < -0.4 is 5.73 Å². The van der Waals surface area contributed by atoms with Gasteiger partial charge in [-0.25, -0.2) is 0 Å². The van der Waals surface area contributed by atoms with Crippen LogP contribution in [0.3, 0.4) is 0 Å². The Morgan fingerprint density at radius 3 is 2.75 bits per heavy atom. The van der Waals surface area contributed by atoms with Crippen LogP contribution in [0.15, 0.2) is 24.2 Å². The van der Waals surface area contributed by atoms with Gasteiger partial charge in [0.25, 0.3) is 0 Å². The normalized spacial score (nSPS) is 14.4. The molecule has 2 nitrogen and oxygen atoms in total. The Kier molecular flexibility index (Phi) is 3.39.